The lowest BCUT2D eigenvalue weighted by Crippen LogP contribution is -2.54. The van der Waals surface area contributed by atoms with Crippen molar-refractivity contribution < 1.29 is 12.2 Å². The van der Waals surface area contributed by atoms with Gasteiger partial charge in [0.2, 0.25) is 5.90 Å². The Morgan fingerprint density at radius 1 is 0.741 bits per heavy atom. The van der Waals surface area contributed by atoms with Crippen LogP contribution in [0.15, 0.2) is 77.9 Å². The summed E-state index contributed by atoms with van der Waals surface area (Å²) in [7, 11) is 0. The highest BCUT2D eigenvalue weighted by Crippen LogP contribution is 2.60. The zero-order chi connectivity index (χ0) is 43.9. The van der Waals surface area contributed by atoms with Crippen LogP contribution in [0, 0.1) is 33.1 Å². The standard InChI is InChI=1S/C52H62N4O2/c1-30-17-18-41-39(21-30)50(14,15)40-23-32(3)43(28-42(40)56(41)44-27-36(19-20-53-44)47(5,6)7)57-38-25-34(24-37(26-38)48(8,9)10)46-55-51(16)45-35(22-31(2)33(4)54-45)29-52(51,58-46)49(11,12)13/h17-28H,29H2,1-16H3/t51-,52-/m1/s1/i29D2. The van der Waals surface area contributed by atoms with Gasteiger partial charge < -0.3 is 9.47 Å². The van der Waals surface area contributed by atoms with Gasteiger partial charge in [-0.2, -0.15) is 0 Å². The topological polar surface area (TPSA) is 59.8 Å². The van der Waals surface area contributed by atoms with E-state index in [-0.39, 0.29) is 16.2 Å². The van der Waals surface area contributed by atoms with E-state index in [0.29, 0.717) is 22.9 Å². The van der Waals surface area contributed by atoms with Crippen LogP contribution in [-0.2, 0) is 32.9 Å². The predicted octanol–water partition coefficient (Wildman–Crippen LogP) is 13.2. The average Bonchev–Trinajstić information content (AvgIpc) is 3.55. The molecule has 0 saturated heterocycles. The molecule has 0 amide bonds. The number of aryl methyl sites for hydroxylation is 4. The van der Waals surface area contributed by atoms with Gasteiger partial charge in [0.05, 0.1) is 17.1 Å². The fourth-order valence-corrected chi connectivity index (χ4v) is 9.16. The Bertz CT molecular complexity index is 2640. The molecule has 2 atom stereocenters. The molecule has 0 saturated carbocycles. The highest BCUT2D eigenvalue weighted by Gasteiger charge is 2.67. The smallest absolute Gasteiger partial charge is 0.217 e. The normalized spacial score (nSPS) is 22.2. The number of anilines is 3. The molecule has 0 N–H and O–H groups in total. The second-order valence-corrected chi connectivity index (χ2v) is 20.8. The van der Waals surface area contributed by atoms with Gasteiger partial charge in [-0.15, -0.1) is 0 Å². The van der Waals surface area contributed by atoms with E-state index in [1.54, 1.807) is 0 Å². The first-order valence-electron chi connectivity index (χ1n) is 21.8. The summed E-state index contributed by atoms with van der Waals surface area (Å²) in [6, 6.07) is 23.7. The lowest BCUT2D eigenvalue weighted by Gasteiger charge is -2.45. The zero-order valence-corrected chi connectivity index (χ0v) is 37.5. The number of benzene rings is 3. The fraction of sp³-hybridized carbons (Fsp3) is 0.442. The Morgan fingerprint density at radius 3 is 2.10 bits per heavy atom. The summed E-state index contributed by atoms with van der Waals surface area (Å²) in [4.78, 5) is 17.7. The van der Waals surface area contributed by atoms with Crippen LogP contribution < -0.4 is 9.64 Å². The molecular weight excluding hydrogens is 713 g/mol. The van der Waals surface area contributed by atoms with E-state index >= 15 is 0 Å². The molecule has 4 heterocycles. The third kappa shape index (κ3) is 6.07. The van der Waals surface area contributed by atoms with Gasteiger partial charge >= 0.3 is 0 Å². The Kier molecular flexibility index (Phi) is 8.21. The van der Waals surface area contributed by atoms with Crippen molar-refractivity contribution in [1.29, 1.82) is 0 Å². The van der Waals surface area contributed by atoms with Crippen LogP contribution >= 0.6 is 0 Å². The van der Waals surface area contributed by atoms with E-state index in [9.17, 15) is 2.74 Å². The molecule has 302 valence electrons. The number of hydrogen-bond donors (Lipinski definition) is 0. The first-order valence-corrected chi connectivity index (χ1v) is 20.8. The second-order valence-electron chi connectivity index (χ2n) is 20.8. The van der Waals surface area contributed by atoms with E-state index < -0.39 is 22.9 Å². The van der Waals surface area contributed by atoms with Crippen LogP contribution in [0.4, 0.5) is 17.2 Å². The zero-order valence-electron chi connectivity index (χ0n) is 39.5. The van der Waals surface area contributed by atoms with Gasteiger partial charge in [0.1, 0.15) is 22.9 Å². The summed E-state index contributed by atoms with van der Waals surface area (Å²) in [5.74, 6) is 2.64. The molecule has 2 aromatic heterocycles. The van der Waals surface area contributed by atoms with Gasteiger partial charge in [-0.1, -0.05) is 99.9 Å². The minimum Gasteiger partial charge on any atom is -0.467 e. The van der Waals surface area contributed by atoms with Crippen LogP contribution in [0.25, 0.3) is 0 Å². The SMILES string of the molecule is [2H]C1([2H])c2cc(C)c(C)nc2[C@@]2(C)N=C(c3cc(Oc4cc5c(cc4C)C(C)(C)c4cc(C)ccc4N5c4cc(C(C)(C)C)ccn4)cc(C(C)(C)C)c3)O[C@@]12C(C)(C)C. The molecular formula is C52H62N4O2. The average molecular weight is 777 g/mol. The van der Waals surface area contributed by atoms with Gasteiger partial charge in [0.15, 0.2) is 5.60 Å². The molecule has 3 aromatic carbocycles. The molecule has 5 aromatic rings. The maximum Gasteiger partial charge on any atom is 0.217 e. The summed E-state index contributed by atoms with van der Waals surface area (Å²) < 4.78 is 33.7. The van der Waals surface area contributed by atoms with Crippen molar-refractivity contribution in [3.63, 3.8) is 0 Å². The van der Waals surface area contributed by atoms with E-state index in [1.165, 1.54) is 22.3 Å². The van der Waals surface area contributed by atoms with Gasteiger partial charge in [-0.25, -0.2) is 9.98 Å². The minimum absolute atomic E-state index is 0.0559. The number of aromatic nitrogens is 2. The van der Waals surface area contributed by atoms with Crippen molar-refractivity contribution in [1.82, 2.24) is 9.97 Å². The molecule has 1 aliphatic carbocycles. The van der Waals surface area contributed by atoms with Crippen LogP contribution in [-0.4, -0.2) is 21.5 Å². The maximum absolute atomic E-state index is 9.78. The van der Waals surface area contributed by atoms with Crippen molar-refractivity contribution >= 4 is 23.1 Å². The second kappa shape index (κ2) is 12.8. The quantitative estimate of drug-likeness (QED) is 0.182. The minimum atomic E-state index is -1.88. The molecule has 0 radical (unpaired) electrons. The number of nitrogens with zero attached hydrogens (tertiary/aromatic N) is 4. The summed E-state index contributed by atoms with van der Waals surface area (Å²) in [5.41, 5.74) is 9.11. The van der Waals surface area contributed by atoms with Crippen molar-refractivity contribution in [3.8, 4) is 11.5 Å². The van der Waals surface area contributed by atoms with Crippen molar-refractivity contribution in [3.05, 3.63) is 134 Å². The van der Waals surface area contributed by atoms with E-state index in [0.717, 1.165) is 50.9 Å². The summed E-state index contributed by atoms with van der Waals surface area (Å²) in [6.45, 7) is 34.2. The molecule has 2 aliphatic heterocycles. The van der Waals surface area contributed by atoms with E-state index in [1.807, 2.05) is 59.9 Å². The highest BCUT2D eigenvalue weighted by atomic mass is 16.5. The molecule has 8 rings (SSSR count). The molecule has 0 spiro atoms. The molecule has 3 aliphatic rings. The first-order chi connectivity index (χ1) is 27.6. The van der Waals surface area contributed by atoms with Crippen LogP contribution in [0.5, 0.6) is 11.5 Å². The maximum atomic E-state index is 9.78. The number of hydrogen-bond acceptors (Lipinski definition) is 6. The van der Waals surface area contributed by atoms with Gasteiger partial charge in [-0.3, -0.25) is 9.88 Å². The summed E-state index contributed by atoms with van der Waals surface area (Å²) in [5, 5.41) is 0. The third-order valence-corrected chi connectivity index (χ3v) is 12.9. The number of rotatable bonds is 4. The Hall–Kier alpha value is -4.97. The Morgan fingerprint density at radius 2 is 1.43 bits per heavy atom. The number of aliphatic imine (C=N–C) groups is 1. The van der Waals surface area contributed by atoms with Crippen molar-refractivity contribution in [2.75, 3.05) is 4.90 Å². The van der Waals surface area contributed by atoms with Crippen LogP contribution in [0.3, 0.4) is 0 Å². The lowest BCUT2D eigenvalue weighted by molar-refractivity contribution is -0.0681. The van der Waals surface area contributed by atoms with E-state index in [4.69, 9.17) is 24.4 Å². The van der Waals surface area contributed by atoms with Crippen LogP contribution in [0.2, 0.25) is 0 Å². The number of fused-ring (bicyclic) bond motifs is 5. The molecule has 58 heavy (non-hydrogen) atoms. The molecule has 0 fully saturated rings. The summed E-state index contributed by atoms with van der Waals surface area (Å²) >= 11 is 0. The monoisotopic (exact) mass is 776 g/mol. The molecule has 0 unspecified atom stereocenters. The highest BCUT2D eigenvalue weighted by molar-refractivity contribution is 5.97. The van der Waals surface area contributed by atoms with Crippen molar-refractivity contribution in [2.45, 2.75) is 145 Å². The Labute approximate surface area is 350 Å². The van der Waals surface area contributed by atoms with Crippen molar-refractivity contribution in [2.24, 2.45) is 10.4 Å². The molecule has 0 bridgehead atoms. The third-order valence-electron chi connectivity index (χ3n) is 12.9. The van der Waals surface area contributed by atoms with Gasteiger partial charge in [-0.05, 0) is 127 Å². The number of ether oxygens (including phenoxy) is 2. The first kappa shape index (κ1) is 37.3. The summed E-state index contributed by atoms with van der Waals surface area (Å²) in [6.07, 6.45) is 0.0361. The molecule has 6 heteroatoms. The number of pyridine rings is 2. The molecule has 6 nitrogen and oxygen atoms in total. The van der Waals surface area contributed by atoms with Crippen LogP contribution in [0.1, 0.15) is 147 Å². The Balaban J connectivity index is 1.29. The lowest BCUT2D eigenvalue weighted by atomic mass is 9.67. The largest absolute Gasteiger partial charge is 0.467 e. The van der Waals surface area contributed by atoms with Gasteiger partial charge in [0, 0.05) is 43.5 Å². The predicted molar refractivity (Wildman–Crippen MR) is 239 cm³/mol. The fourth-order valence-electron chi connectivity index (χ4n) is 9.16. The van der Waals surface area contributed by atoms with E-state index in [2.05, 4.69) is 129 Å². The van der Waals surface area contributed by atoms with Gasteiger partial charge in [0.25, 0.3) is 0 Å².